The molecule has 5 aromatic heterocycles. The summed E-state index contributed by atoms with van der Waals surface area (Å²) in [5, 5.41) is 10.5. The van der Waals surface area contributed by atoms with Crippen molar-refractivity contribution >= 4 is 69.5 Å². The molecule has 0 aliphatic carbocycles. The maximum Gasteiger partial charge on any atom is 0.416 e. The number of aryl methyl sites for hydroxylation is 5. The highest BCUT2D eigenvalue weighted by atomic mass is 19.4. The third kappa shape index (κ3) is 24.6. The summed E-state index contributed by atoms with van der Waals surface area (Å²) in [4.78, 5) is 123. The zero-order chi connectivity index (χ0) is 95.9. The zero-order valence-corrected chi connectivity index (χ0v) is 72.7. The molecule has 6 N–H and O–H groups in total. The number of morpholine rings is 4. The summed E-state index contributed by atoms with van der Waals surface area (Å²) in [5.74, 6) is -1.37. The topological polar surface area (TPSA) is 328 Å². The average molecular weight is 1860 g/mol. The Morgan fingerprint density at radius 1 is 0.373 bits per heavy atom. The highest BCUT2D eigenvalue weighted by Gasteiger charge is 2.36. The SMILES string of the molecule is COc1ncc(N2CCOCC2)cc1-c1cc(NC(=O)c2cccc(C(F)(F)F)c2)ccc1C.Cc1ccc(NC(=O)c2cccc(C(F)(F)F)c2)cc1-c1c[nH]c(=O)c(N2CCOCC2)n1.Cc1ccc(NC(=O)c2cccc(C(F)(F)F)c2)cc1-c1cn(C)c(=O)c(N2CCOCC2)n1.Cc1ncc(NC(=O)c2cccc(C(F)(F)F)c2)cc1-c1c[nH]c(=O)c(N2CCOCC2)n1. The summed E-state index contributed by atoms with van der Waals surface area (Å²) in [6.45, 7) is 16.4. The Labute approximate surface area is 757 Å². The van der Waals surface area contributed by atoms with Gasteiger partial charge in [-0.1, -0.05) is 42.5 Å². The molecule has 4 aliphatic rings. The van der Waals surface area contributed by atoms with E-state index in [9.17, 15) is 86.2 Å². The first-order valence-corrected chi connectivity index (χ1v) is 41.7. The molecule has 4 aliphatic heterocycles. The highest BCUT2D eigenvalue weighted by molar-refractivity contribution is 6.07. The summed E-state index contributed by atoms with van der Waals surface area (Å²) in [5.41, 5.74) is 5.73. The van der Waals surface area contributed by atoms with Crippen LogP contribution < -0.4 is 62.3 Å². The molecule has 0 bridgehead atoms. The number of carbonyl (C=O) groups excluding carboxylic acids is 4. The predicted molar refractivity (Wildman–Crippen MR) is 478 cm³/mol. The molecular weight excluding hydrogens is 1770 g/mol. The smallest absolute Gasteiger partial charge is 0.416 e. The van der Waals surface area contributed by atoms with Crippen LogP contribution in [0.5, 0.6) is 5.88 Å². The van der Waals surface area contributed by atoms with Crippen LogP contribution in [0.4, 0.5) is 98.6 Å². The van der Waals surface area contributed by atoms with Gasteiger partial charge in [-0.15, -0.1) is 0 Å². The molecule has 0 unspecified atom stereocenters. The number of methoxy groups -OCH3 is 1. The molecular formula is C94H88F12N16O12. The number of hydrogen-bond donors (Lipinski definition) is 6. The molecule has 16 rings (SSSR count). The van der Waals surface area contributed by atoms with E-state index in [1.165, 1.54) is 78.8 Å². The van der Waals surface area contributed by atoms with E-state index in [4.69, 9.17) is 23.7 Å². The molecule has 4 fully saturated rings. The molecule has 700 valence electrons. The highest BCUT2D eigenvalue weighted by Crippen LogP contribution is 2.39. The predicted octanol–water partition coefficient (Wildman–Crippen LogP) is 16.1. The average Bonchev–Trinajstić information content (AvgIpc) is 0.796. The van der Waals surface area contributed by atoms with Gasteiger partial charge >= 0.3 is 24.7 Å². The van der Waals surface area contributed by atoms with Crippen LogP contribution in [0, 0.1) is 27.7 Å². The van der Waals surface area contributed by atoms with E-state index in [1.807, 2.05) is 47.6 Å². The Hall–Kier alpha value is -14.6. The van der Waals surface area contributed by atoms with Crippen LogP contribution in [0.2, 0.25) is 0 Å². The van der Waals surface area contributed by atoms with Gasteiger partial charge in [0, 0.05) is 145 Å². The van der Waals surface area contributed by atoms with E-state index in [2.05, 4.69) is 61.1 Å². The van der Waals surface area contributed by atoms with Crippen LogP contribution in [-0.4, -0.2) is 175 Å². The van der Waals surface area contributed by atoms with Crippen LogP contribution >= 0.6 is 0 Å². The van der Waals surface area contributed by atoms with Crippen molar-refractivity contribution in [3.05, 3.63) is 293 Å². The van der Waals surface area contributed by atoms with Crippen molar-refractivity contribution in [2.24, 2.45) is 7.05 Å². The van der Waals surface area contributed by atoms with E-state index >= 15 is 0 Å². The van der Waals surface area contributed by atoms with Gasteiger partial charge in [-0.25, -0.2) is 19.9 Å². The van der Waals surface area contributed by atoms with Crippen LogP contribution in [0.25, 0.3) is 44.9 Å². The minimum atomic E-state index is -4.55. The number of nitrogens with one attached hydrogen (secondary N) is 6. The number of nitrogens with zero attached hydrogens (tertiary/aromatic N) is 10. The quantitative estimate of drug-likeness (QED) is 0.0461. The molecule has 9 heterocycles. The second kappa shape index (κ2) is 42.3. The van der Waals surface area contributed by atoms with E-state index in [-0.39, 0.29) is 56.3 Å². The molecule has 28 nitrogen and oxygen atoms in total. The Balaban J connectivity index is 0.000000152. The first-order chi connectivity index (χ1) is 63.8. The maximum absolute atomic E-state index is 13.0. The van der Waals surface area contributed by atoms with Crippen LogP contribution in [0.15, 0.2) is 209 Å². The van der Waals surface area contributed by atoms with Gasteiger partial charge in [0.25, 0.3) is 40.3 Å². The van der Waals surface area contributed by atoms with Crippen molar-refractivity contribution in [2.45, 2.75) is 52.4 Å². The first kappa shape index (κ1) is 96.9. The Morgan fingerprint density at radius 3 is 1.08 bits per heavy atom. The second-order valence-corrected chi connectivity index (χ2v) is 31.0. The number of rotatable bonds is 17. The van der Waals surface area contributed by atoms with E-state index in [1.54, 1.807) is 81.0 Å². The fourth-order valence-electron chi connectivity index (χ4n) is 14.5. The Morgan fingerprint density at radius 2 is 0.701 bits per heavy atom. The number of halogens is 12. The lowest BCUT2D eigenvalue weighted by Gasteiger charge is -2.29. The Kier molecular flexibility index (Phi) is 30.6. The molecule has 4 saturated heterocycles. The third-order valence-corrected chi connectivity index (χ3v) is 21.7. The molecule has 0 saturated carbocycles. The monoisotopic (exact) mass is 1860 g/mol. The summed E-state index contributed by atoms with van der Waals surface area (Å²) in [6, 6.07) is 36.1. The largest absolute Gasteiger partial charge is 0.481 e. The van der Waals surface area contributed by atoms with Gasteiger partial charge in [0.2, 0.25) is 5.88 Å². The van der Waals surface area contributed by atoms with Crippen molar-refractivity contribution < 1.29 is 95.5 Å². The molecule has 40 heteroatoms. The molecule has 7 aromatic carbocycles. The standard InChI is InChI=1S/C25H24F3N3O3.C24H23F3N4O3.C23H21F3N4O3.C22H20F3N5O3/c1-16-6-7-19(30-23(32)17-4-3-5-18(12-17)25(26,27)28)13-21(16)22-14-20(15-29-24(22)33-2)31-8-10-34-11-9-31;1-15-6-7-18(28-22(32)16-4-3-5-17(12-16)24(25,26)27)13-19(15)20-14-30(2)23(33)21(29-20)31-8-10-34-11-9-31;1-14-5-6-17(28-21(31)15-3-2-4-16(11-15)23(24,25)26)12-18(14)19-13-27-22(32)20(29-19)30-7-9-33-10-8-30;1-13-17(18-12-27-21(32)19(29-18)30-5-7-33-8-6-30)10-16(11-26-13)28-20(31)14-3-2-4-15(9-14)22(23,24)25/h3-7,12-15H,8-11H2,1-2H3,(H,30,32);3-7,12-14H,8-11H2,1-2H3,(H,28,32);2-6,11-13H,7-10H2,1H3,(H,27,32)(H,28,31);2-4,9-12H,5-8H2,1H3,(H,27,32)(H,28,31). The summed E-state index contributed by atoms with van der Waals surface area (Å²) < 4.78 is 184. The fourth-order valence-corrected chi connectivity index (χ4v) is 14.5. The number of amides is 4. The van der Waals surface area contributed by atoms with Crippen molar-refractivity contribution in [1.82, 2.24) is 39.5 Å². The lowest BCUT2D eigenvalue weighted by molar-refractivity contribution is -0.138. The van der Waals surface area contributed by atoms with Gasteiger partial charge in [-0.05, 0) is 171 Å². The zero-order valence-electron chi connectivity index (χ0n) is 72.7. The lowest BCUT2D eigenvalue weighted by Crippen LogP contribution is -2.41. The number of hydrogen-bond acceptors (Lipinski definition) is 21. The second-order valence-electron chi connectivity index (χ2n) is 31.0. The Bertz CT molecular complexity index is 6290. The van der Waals surface area contributed by atoms with Gasteiger partial charge in [0.05, 0.1) is 123 Å². The lowest BCUT2D eigenvalue weighted by atomic mass is 10.00. The number of alkyl halides is 12. The van der Waals surface area contributed by atoms with Gasteiger partial charge in [-0.3, -0.25) is 38.5 Å². The number of carbonyl (C=O) groups is 4. The summed E-state index contributed by atoms with van der Waals surface area (Å²) in [7, 11) is 3.18. The number of aromatic amines is 2. The van der Waals surface area contributed by atoms with Gasteiger partial charge < -0.3 is 79.1 Å². The third-order valence-electron chi connectivity index (χ3n) is 21.7. The molecule has 0 atom stereocenters. The molecule has 4 amide bonds. The van der Waals surface area contributed by atoms with Crippen molar-refractivity contribution in [2.75, 3.05) is 153 Å². The molecule has 134 heavy (non-hydrogen) atoms. The van der Waals surface area contributed by atoms with Gasteiger partial charge in [-0.2, -0.15) is 52.7 Å². The number of aromatic nitrogens is 8. The molecule has 12 aromatic rings. The van der Waals surface area contributed by atoms with Crippen LogP contribution in [-0.2, 0) is 50.7 Å². The number of H-pyrrole nitrogens is 2. The first-order valence-electron chi connectivity index (χ1n) is 41.7. The van der Waals surface area contributed by atoms with E-state index in [0.717, 1.165) is 95.1 Å². The minimum Gasteiger partial charge on any atom is -0.481 e. The summed E-state index contributed by atoms with van der Waals surface area (Å²) >= 11 is 0. The van der Waals surface area contributed by atoms with Gasteiger partial charge in [0.1, 0.15) is 0 Å². The van der Waals surface area contributed by atoms with Crippen molar-refractivity contribution in [3.8, 4) is 50.8 Å². The number of ether oxygens (including phenoxy) is 5. The maximum atomic E-state index is 13.0. The van der Waals surface area contributed by atoms with Crippen LogP contribution in [0.1, 0.15) is 86.1 Å². The summed E-state index contributed by atoms with van der Waals surface area (Å²) in [6.07, 6.45) is -10.4. The molecule has 0 spiro atoms. The fraction of sp³-hybridized carbons (Fsp3) is 0.277. The van der Waals surface area contributed by atoms with Gasteiger partial charge in [0.15, 0.2) is 17.5 Å². The minimum absolute atomic E-state index is 0.0782. The van der Waals surface area contributed by atoms with Crippen molar-refractivity contribution in [1.29, 1.82) is 0 Å². The van der Waals surface area contributed by atoms with Crippen molar-refractivity contribution in [3.63, 3.8) is 0 Å². The van der Waals surface area contributed by atoms with E-state index in [0.29, 0.717) is 160 Å². The normalized spacial score (nSPS) is 14.2. The van der Waals surface area contributed by atoms with Crippen LogP contribution in [0.3, 0.4) is 0 Å². The number of anilines is 8. The molecule has 0 radical (unpaired) electrons. The number of pyridine rings is 2. The van der Waals surface area contributed by atoms with E-state index < -0.39 is 70.6 Å². The number of benzene rings is 7.